The molecular weight excluding hydrogens is 707 g/mol. The lowest BCUT2D eigenvalue weighted by Gasteiger charge is -2.21. The summed E-state index contributed by atoms with van der Waals surface area (Å²) in [6.45, 7) is 4.62. The lowest BCUT2D eigenvalue weighted by molar-refractivity contribution is 0.660. The van der Waals surface area contributed by atoms with E-state index in [0.717, 1.165) is 76.5 Å². The number of para-hydroxylation sites is 1. The van der Waals surface area contributed by atoms with E-state index in [-0.39, 0.29) is 5.41 Å². The Kier molecular flexibility index (Phi) is 6.94. The molecule has 0 atom stereocenters. The quantitative estimate of drug-likeness (QED) is 0.169. The van der Waals surface area contributed by atoms with Crippen molar-refractivity contribution in [3.05, 3.63) is 187 Å². The summed E-state index contributed by atoms with van der Waals surface area (Å²) in [4.78, 5) is 15.7. The summed E-state index contributed by atoms with van der Waals surface area (Å²) < 4.78 is 6.59. The first kappa shape index (κ1) is 32.8. The predicted octanol–water partition coefficient (Wildman–Crippen LogP) is 14.2. The van der Waals surface area contributed by atoms with E-state index in [0.29, 0.717) is 17.5 Å². The smallest absolute Gasteiger partial charge is 0.164 e. The molecule has 11 aromatic rings. The molecular formula is C54H35N3O. The molecule has 0 bridgehead atoms. The number of aromatic nitrogens is 3. The molecule has 0 N–H and O–H groups in total. The molecule has 0 unspecified atom stereocenters. The molecule has 0 fully saturated rings. The van der Waals surface area contributed by atoms with Gasteiger partial charge in [0.25, 0.3) is 0 Å². The van der Waals surface area contributed by atoms with E-state index in [4.69, 9.17) is 19.4 Å². The van der Waals surface area contributed by atoms with Gasteiger partial charge in [0, 0.05) is 38.3 Å². The van der Waals surface area contributed by atoms with Gasteiger partial charge in [0.05, 0.1) is 0 Å². The van der Waals surface area contributed by atoms with E-state index >= 15 is 0 Å². The Bertz CT molecular complexity index is 3450. The van der Waals surface area contributed by atoms with Crippen LogP contribution in [0.2, 0.25) is 0 Å². The van der Waals surface area contributed by atoms with Crippen molar-refractivity contribution < 1.29 is 4.42 Å². The second-order valence-corrected chi connectivity index (χ2v) is 15.9. The van der Waals surface area contributed by atoms with E-state index in [2.05, 4.69) is 172 Å². The highest BCUT2D eigenvalue weighted by atomic mass is 16.3. The van der Waals surface area contributed by atoms with Crippen LogP contribution in [0.5, 0.6) is 0 Å². The molecule has 1 aliphatic carbocycles. The maximum Gasteiger partial charge on any atom is 0.164 e. The van der Waals surface area contributed by atoms with Crippen LogP contribution in [0.15, 0.2) is 180 Å². The Morgan fingerprint density at radius 2 is 0.879 bits per heavy atom. The van der Waals surface area contributed by atoms with Crippen molar-refractivity contribution in [2.45, 2.75) is 19.3 Å². The zero-order chi connectivity index (χ0) is 38.5. The number of hydrogen-bond donors (Lipinski definition) is 0. The van der Waals surface area contributed by atoms with Gasteiger partial charge in [-0.15, -0.1) is 0 Å². The summed E-state index contributed by atoms with van der Waals surface area (Å²) in [5.41, 5.74) is 12.0. The Balaban J connectivity index is 1.06. The third kappa shape index (κ3) is 4.85. The van der Waals surface area contributed by atoms with Gasteiger partial charge in [-0.25, -0.2) is 15.0 Å². The molecule has 9 aromatic carbocycles. The minimum Gasteiger partial charge on any atom is -0.455 e. The van der Waals surface area contributed by atoms with Crippen LogP contribution in [0.3, 0.4) is 0 Å². The lowest BCUT2D eigenvalue weighted by atomic mass is 9.82. The van der Waals surface area contributed by atoms with E-state index in [9.17, 15) is 0 Å². The van der Waals surface area contributed by atoms with Crippen molar-refractivity contribution in [2.75, 3.05) is 0 Å². The fourth-order valence-corrected chi connectivity index (χ4v) is 9.41. The van der Waals surface area contributed by atoms with E-state index < -0.39 is 0 Å². The minimum atomic E-state index is -0.149. The van der Waals surface area contributed by atoms with Gasteiger partial charge in [0.1, 0.15) is 11.2 Å². The SMILES string of the molecule is CC1(C)c2ccccc2-c2ccc(-c3nc(-c4ccc(-c5ccccc5)cc4)nc(-c4ccc5c(c4)c4ccccc4c4c5ccc5c6ccccc6oc54)n3)cc21. The highest BCUT2D eigenvalue weighted by Crippen LogP contribution is 2.49. The Morgan fingerprint density at radius 1 is 0.362 bits per heavy atom. The van der Waals surface area contributed by atoms with Crippen LogP contribution in [0.1, 0.15) is 25.0 Å². The number of fused-ring (bicyclic) bond motifs is 13. The molecule has 0 amide bonds. The second kappa shape index (κ2) is 12.3. The van der Waals surface area contributed by atoms with Gasteiger partial charge in [-0.3, -0.25) is 0 Å². The van der Waals surface area contributed by atoms with Crippen LogP contribution in [-0.4, -0.2) is 15.0 Å². The molecule has 4 heteroatoms. The molecule has 0 spiro atoms. The van der Waals surface area contributed by atoms with Gasteiger partial charge in [0.15, 0.2) is 17.5 Å². The van der Waals surface area contributed by atoms with Crippen LogP contribution in [0.4, 0.5) is 0 Å². The third-order valence-electron chi connectivity index (χ3n) is 12.3. The van der Waals surface area contributed by atoms with Crippen molar-refractivity contribution >= 4 is 54.3 Å². The Morgan fingerprint density at radius 3 is 1.69 bits per heavy atom. The molecule has 12 rings (SSSR count). The largest absolute Gasteiger partial charge is 0.455 e. The summed E-state index contributed by atoms with van der Waals surface area (Å²) in [6, 6.07) is 62.4. The first-order valence-electron chi connectivity index (χ1n) is 19.9. The van der Waals surface area contributed by atoms with Gasteiger partial charge in [-0.1, -0.05) is 166 Å². The summed E-state index contributed by atoms with van der Waals surface area (Å²) in [5.74, 6) is 1.92. The summed E-state index contributed by atoms with van der Waals surface area (Å²) in [5, 5.41) is 9.17. The van der Waals surface area contributed by atoms with Crippen LogP contribution >= 0.6 is 0 Å². The van der Waals surface area contributed by atoms with Crippen LogP contribution in [0.25, 0.3) is 111 Å². The summed E-state index contributed by atoms with van der Waals surface area (Å²) in [7, 11) is 0. The fraction of sp³-hybridized carbons (Fsp3) is 0.0556. The first-order chi connectivity index (χ1) is 28.5. The maximum atomic E-state index is 6.59. The van der Waals surface area contributed by atoms with Crippen molar-refractivity contribution in [3.8, 4) is 56.4 Å². The van der Waals surface area contributed by atoms with E-state index in [1.165, 1.54) is 27.8 Å². The van der Waals surface area contributed by atoms with Crippen molar-refractivity contribution in [3.63, 3.8) is 0 Å². The van der Waals surface area contributed by atoms with Crippen LogP contribution < -0.4 is 0 Å². The maximum absolute atomic E-state index is 6.59. The summed E-state index contributed by atoms with van der Waals surface area (Å²) >= 11 is 0. The molecule has 4 nitrogen and oxygen atoms in total. The lowest BCUT2D eigenvalue weighted by Crippen LogP contribution is -2.15. The molecule has 0 saturated carbocycles. The number of hydrogen-bond acceptors (Lipinski definition) is 4. The van der Waals surface area contributed by atoms with Crippen molar-refractivity contribution in [1.82, 2.24) is 15.0 Å². The zero-order valence-corrected chi connectivity index (χ0v) is 32.0. The van der Waals surface area contributed by atoms with E-state index in [1.54, 1.807) is 0 Å². The van der Waals surface area contributed by atoms with Gasteiger partial charge >= 0.3 is 0 Å². The van der Waals surface area contributed by atoms with Crippen LogP contribution in [-0.2, 0) is 5.41 Å². The van der Waals surface area contributed by atoms with Crippen LogP contribution in [0, 0.1) is 0 Å². The summed E-state index contributed by atoms with van der Waals surface area (Å²) in [6.07, 6.45) is 0. The zero-order valence-electron chi connectivity index (χ0n) is 32.0. The number of rotatable bonds is 4. The number of furan rings is 1. The van der Waals surface area contributed by atoms with Gasteiger partial charge < -0.3 is 4.42 Å². The normalized spacial score (nSPS) is 13.1. The highest BCUT2D eigenvalue weighted by molar-refractivity contribution is 6.32. The third-order valence-corrected chi connectivity index (χ3v) is 12.3. The predicted molar refractivity (Wildman–Crippen MR) is 239 cm³/mol. The number of benzene rings is 9. The van der Waals surface area contributed by atoms with Gasteiger partial charge in [-0.05, 0) is 84.6 Å². The molecule has 58 heavy (non-hydrogen) atoms. The average molecular weight is 742 g/mol. The molecule has 0 aliphatic heterocycles. The Hall–Kier alpha value is -7.43. The molecule has 0 saturated heterocycles. The molecule has 2 heterocycles. The first-order valence-corrected chi connectivity index (χ1v) is 19.9. The highest BCUT2D eigenvalue weighted by Gasteiger charge is 2.35. The molecule has 1 aliphatic rings. The topological polar surface area (TPSA) is 51.8 Å². The molecule has 272 valence electrons. The average Bonchev–Trinajstić information content (AvgIpc) is 3.78. The fourth-order valence-electron chi connectivity index (χ4n) is 9.41. The van der Waals surface area contributed by atoms with E-state index in [1.807, 2.05) is 18.2 Å². The second-order valence-electron chi connectivity index (χ2n) is 15.9. The monoisotopic (exact) mass is 741 g/mol. The van der Waals surface area contributed by atoms with Crippen molar-refractivity contribution in [1.29, 1.82) is 0 Å². The standard InChI is InChI=1S/C54H35N3O/c1-54(2)46-18-10-8-15-39(46)40-27-25-36(31-47(40)54)53-56-51(34-22-20-33(21-23-34)32-12-4-3-5-13-32)55-52(57-53)35-24-26-38-43-28-29-44-41-16-9-11-19-48(41)58-50(44)49(43)42-17-7-6-14-37(42)45(38)30-35/h3-31H,1-2H3. The minimum absolute atomic E-state index is 0.149. The molecule has 2 aromatic heterocycles. The van der Waals surface area contributed by atoms with Gasteiger partial charge in [-0.2, -0.15) is 0 Å². The Labute approximate surface area is 335 Å². The van der Waals surface area contributed by atoms with Crippen molar-refractivity contribution in [2.24, 2.45) is 0 Å². The molecule has 0 radical (unpaired) electrons. The number of nitrogens with zero attached hydrogens (tertiary/aromatic N) is 3. The van der Waals surface area contributed by atoms with Gasteiger partial charge in [0.2, 0.25) is 0 Å².